The van der Waals surface area contributed by atoms with E-state index in [1.54, 1.807) is 12.1 Å². The maximum atomic E-state index is 13.3. The molecule has 2 aromatic carbocycles. The van der Waals surface area contributed by atoms with Crippen molar-refractivity contribution in [2.75, 3.05) is 24.6 Å². The number of benzene rings is 2. The van der Waals surface area contributed by atoms with Crippen LogP contribution in [0, 0.1) is 12.5 Å². The van der Waals surface area contributed by atoms with E-state index in [1.165, 1.54) is 18.2 Å². The number of sulfone groups is 1. The molecule has 1 saturated heterocycles. The van der Waals surface area contributed by atoms with Crippen LogP contribution in [0.2, 0.25) is 0 Å². The van der Waals surface area contributed by atoms with Crippen LogP contribution in [0.15, 0.2) is 40.1 Å². The fourth-order valence-corrected chi connectivity index (χ4v) is 7.26. The number of aromatic amines is 1. The third kappa shape index (κ3) is 4.31. The van der Waals surface area contributed by atoms with Gasteiger partial charge in [0.25, 0.3) is 0 Å². The average Bonchev–Trinajstić information content (AvgIpc) is 3.46. The highest BCUT2D eigenvalue weighted by molar-refractivity contribution is 7.93. The Bertz CT molecular complexity index is 1460. The van der Waals surface area contributed by atoms with Crippen molar-refractivity contribution in [2.45, 2.75) is 16.2 Å². The molecule has 172 valence electrons. The Balaban J connectivity index is 2.05. The molecule has 0 aliphatic carbocycles. The zero-order valence-electron chi connectivity index (χ0n) is 17.2. The van der Waals surface area contributed by atoms with Gasteiger partial charge in [-0.3, -0.25) is 0 Å². The Morgan fingerprint density at radius 2 is 1.94 bits per heavy atom. The highest BCUT2D eigenvalue weighted by atomic mass is 32.2. The molecule has 3 aromatic rings. The molecule has 12 nitrogen and oxygen atoms in total. The summed E-state index contributed by atoms with van der Waals surface area (Å²) in [6.07, 6.45) is 0.652. The summed E-state index contributed by atoms with van der Waals surface area (Å²) < 4.78 is 52.2. The number of aromatic nitrogens is 4. The average molecular weight is 489 g/mol. The molecule has 0 saturated carbocycles. The van der Waals surface area contributed by atoms with Gasteiger partial charge in [0.05, 0.1) is 22.8 Å². The van der Waals surface area contributed by atoms with Crippen molar-refractivity contribution in [2.24, 2.45) is 11.1 Å². The molecule has 33 heavy (non-hydrogen) atoms. The summed E-state index contributed by atoms with van der Waals surface area (Å²) in [6.45, 7) is 8.51. The first-order valence-corrected chi connectivity index (χ1v) is 13.0. The van der Waals surface area contributed by atoms with Gasteiger partial charge in [-0.05, 0) is 47.8 Å². The second-order valence-electron chi connectivity index (χ2n) is 7.59. The normalized spacial score (nSPS) is 16.5. The smallest absolute Gasteiger partial charge is 0.240 e. The number of hydrogen-bond acceptors (Lipinski definition) is 9. The van der Waals surface area contributed by atoms with E-state index in [0.29, 0.717) is 25.1 Å². The molecule has 6 N–H and O–H groups in total. The summed E-state index contributed by atoms with van der Waals surface area (Å²) in [5.74, 6) is -0.591. The molecule has 0 amide bonds. The fraction of sp³-hybridized carbons (Fsp3) is 0.263. The molecule has 1 atom stereocenters. The molecule has 1 aliphatic heterocycles. The van der Waals surface area contributed by atoms with Crippen LogP contribution in [-0.2, 0) is 19.9 Å². The van der Waals surface area contributed by atoms with E-state index < -0.39 is 29.7 Å². The van der Waals surface area contributed by atoms with Crippen molar-refractivity contribution >= 4 is 31.2 Å². The number of tetrazole rings is 1. The largest absolute Gasteiger partial charge is 0.407 e. The predicted molar refractivity (Wildman–Crippen MR) is 120 cm³/mol. The lowest BCUT2D eigenvalue weighted by Gasteiger charge is -2.18. The van der Waals surface area contributed by atoms with Crippen LogP contribution >= 0.6 is 0 Å². The van der Waals surface area contributed by atoms with Crippen LogP contribution in [-0.4, -0.2) is 56.3 Å². The van der Waals surface area contributed by atoms with Crippen LogP contribution in [0.25, 0.3) is 27.4 Å². The van der Waals surface area contributed by atoms with Gasteiger partial charge < -0.3 is 11.1 Å². The van der Waals surface area contributed by atoms with E-state index in [4.69, 9.17) is 17.4 Å². The second kappa shape index (κ2) is 8.52. The van der Waals surface area contributed by atoms with E-state index in [-0.39, 0.29) is 40.0 Å². The Hall–Kier alpha value is -3.38. The molecule has 0 radical (unpaired) electrons. The van der Waals surface area contributed by atoms with E-state index in [1.807, 2.05) is 0 Å². The zero-order valence-corrected chi connectivity index (χ0v) is 18.8. The van der Waals surface area contributed by atoms with Gasteiger partial charge >= 0.3 is 0 Å². The maximum absolute atomic E-state index is 13.3. The lowest BCUT2D eigenvalue weighted by Crippen LogP contribution is -2.23. The van der Waals surface area contributed by atoms with Crippen LogP contribution < -0.4 is 16.2 Å². The minimum absolute atomic E-state index is 0.0882. The topological polar surface area (TPSA) is 191 Å². The van der Waals surface area contributed by atoms with Gasteiger partial charge in [0, 0.05) is 5.69 Å². The Morgan fingerprint density at radius 3 is 2.55 bits per heavy atom. The van der Waals surface area contributed by atoms with Gasteiger partial charge in [-0.25, -0.2) is 26.8 Å². The number of hydrogen-bond donors (Lipinski definition) is 4. The molecule has 0 bridgehead atoms. The molecular weight excluding hydrogens is 468 g/mol. The number of H-pyrrole nitrogens is 1. The molecule has 1 aromatic heterocycles. The number of nitrogen functional groups attached to an aromatic ring is 1. The number of nitrogens with one attached hydrogen (secondary N) is 2. The van der Waals surface area contributed by atoms with Crippen LogP contribution in [0.4, 0.5) is 11.4 Å². The van der Waals surface area contributed by atoms with Crippen molar-refractivity contribution in [3.8, 4) is 22.5 Å². The van der Waals surface area contributed by atoms with Gasteiger partial charge in [0.1, 0.15) is 4.90 Å². The molecule has 0 spiro atoms. The second-order valence-corrected chi connectivity index (χ2v) is 11.1. The van der Waals surface area contributed by atoms with Crippen molar-refractivity contribution in [3.05, 3.63) is 41.7 Å². The van der Waals surface area contributed by atoms with Crippen molar-refractivity contribution in [3.63, 3.8) is 0 Å². The zero-order chi connectivity index (χ0) is 23.8. The van der Waals surface area contributed by atoms with Crippen LogP contribution in [0.1, 0.15) is 6.42 Å². The van der Waals surface area contributed by atoms with Gasteiger partial charge in [-0.2, -0.15) is 5.21 Å². The number of primary sulfonamides is 1. The molecular formula is C19H20N8O4S2. The summed E-state index contributed by atoms with van der Waals surface area (Å²) in [7, 11) is -8.64. The van der Waals surface area contributed by atoms with Gasteiger partial charge in [-0.1, -0.05) is 24.3 Å². The lowest BCUT2D eigenvalue weighted by molar-refractivity contribution is 0.565. The third-order valence-corrected chi connectivity index (χ3v) is 8.46. The predicted octanol–water partition coefficient (Wildman–Crippen LogP) is 0.697. The van der Waals surface area contributed by atoms with Crippen LogP contribution in [0.5, 0.6) is 0 Å². The van der Waals surface area contributed by atoms with E-state index >= 15 is 0 Å². The molecule has 0 unspecified atom stereocenters. The van der Waals surface area contributed by atoms with E-state index in [0.717, 1.165) is 0 Å². The first-order valence-electron chi connectivity index (χ1n) is 9.77. The van der Waals surface area contributed by atoms with Gasteiger partial charge in [0.2, 0.25) is 21.5 Å². The first-order chi connectivity index (χ1) is 15.6. The molecule has 2 heterocycles. The minimum atomic E-state index is -4.58. The molecule has 1 fully saturated rings. The highest BCUT2D eigenvalue weighted by Crippen LogP contribution is 2.43. The summed E-state index contributed by atoms with van der Waals surface area (Å²) in [6, 6.07) is 7.27. The quantitative estimate of drug-likeness (QED) is 0.285. The number of rotatable bonds is 6. The standard InChI is InChI=1S/C19H20N8O4S2/c1-22-14-4-2-3-13(17(14)20)12-5-6-15(32(28,29)10-11-7-8-23-9-11)18(33(21,30)31)16(12)19-24-26-27-25-19/h2-6,11,23H,7-10,20H2,(H2,21,30,31)(H,24,25,26,27)/t11-/m1/s1. The van der Waals surface area contributed by atoms with E-state index in [9.17, 15) is 16.8 Å². The number of anilines is 1. The Kier molecular flexibility index (Phi) is 5.89. The summed E-state index contributed by atoms with van der Waals surface area (Å²) >= 11 is 0. The fourth-order valence-electron chi connectivity index (χ4n) is 3.95. The molecule has 14 heteroatoms. The summed E-state index contributed by atoms with van der Waals surface area (Å²) in [5, 5.41) is 22.1. The monoisotopic (exact) mass is 488 g/mol. The van der Waals surface area contributed by atoms with Gasteiger partial charge in [0.15, 0.2) is 9.84 Å². The van der Waals surface area contributed by atoms with Crippen molar-refractivity contribution in [1.82, 2.24) is 25.9 Å². The Labute approximate surface area is 190 Å². The third-order valence-electron chi connectivity index (χ3n) is 5.42. The van der Waals surface area contributed by atoms with Crippen molar-refractivity contribution < 1.29 is 16.8 Å². The number of nitrogens with two attached hydrogens (primary N) is 2. The summed E-state index contributed by atoms with van der Waals surface area (Å²) in [5.41, 5.74) is 6.73. The molecule has 4 rings (SSSR count). The summed E-state index contributed by atoms with van der Waals surface area (Å²) in [4.78, 5) is 2.28. The Morgan fingerprint density at radius 1 is 1.15 bits per heavy atom. The minimum Gasteiger partial charge on any atom is -0.407 e. The highest BCUT2D eigenvalue weighted by Gasteiger charge is 2.34. The van der Waals surface area contributed by atoms with Crippen LogP contribution in [0.3, 0.4) is 0 Å². The SMILES string of the molecule is [C-]#[N+]c1cccc(-c2ccc(S(=O)(=O)C[C@@H]3CCNC3)c(S(N)(=O)=O)c2-c2nn[nH]n2)c1N. The van der Waals surface area contributed by atoms with E-state index in [2.05, 4.69) is 30.8 Å². The number of para-hydroxylation sites is 1. The van der Waals surface area contributed by atoms with Crippen molar-refractivity contribution in [1.29, 1.82) is 0 Å². The van der Waals surface area contributed by atoms with Gasteiger partial charge in [-0.15, -0.1) is 10.2 Å². The first kappa shape index (κ1) is 22.8. The number of nitrogens with zero attached hydrogens (tertiary/aromatic N) is 4. The number of sulfonamides is 1. The molecule has 1 aliphatic rings. The lowest BCUT2D eigenvalue weighted by atomic mass is 9.97. The maximum Gasteiger partial charge on any atom is 0.240 e.